The quantitative estimate of drug-likeness (QED) is 0.663. The Morgan fingerprint density at radius 3 is 2.74 bits per heavy atom. The molecule has 0 aromatic carbocycles. The van der Waals surface area contributed by atoms with Crippen LogP contribution < -0.4 is 10.6 Å². The van der Waals surface area contributed by atoms with Crippen LogP contribution in [-0.4, -0.2) is 53.6 Å². The average Bonchev–Trinajstić information content (AvgIpc) is 2.33. The molecule has 1 heterocycles. The maximum Gasteiger partial charge on any atom is 0.326 e. The van der Waals surface area contributed by atoms with Crippen LogP contribution >= 0.6 is 0 Å². The molecule has 0 aromatic rings. The van der Waals surface area contributed by atoms with Gasteiger partial charge in [-0.3, -0.25) is 4.79 Å². The molecule has 0 bridgehead atoms. The Balaban J connectivity index is 2.42. The fourth-order valence-corrected chi connectivity index (χ4v) is 2.06. The van der Waals surface area contributed by atoms with Crippen LogP contribution in [0.3, 0.4) is 0 Å². The van der Waals surface area contributed by atoms with Crippen LogP contribution in [0.25, 0.3) is 0 Å². The number of piperidine rings is 1. The third-order valence-electron chi connectivity index (χ3n) is 3.14. The SMILES string of the molecule is CCC[C@@H](NC(=O)NC1CCC(=O)N(C)C1)C(=O)O. The predicted molar refractivity (Wildman–Crippen MR) is 68.7 cm³/mol. The maximum atomic E-state index is 11.7. The van der Waals surface area contributed by atoms with E-state index in [1.165, 1.54) is 0 Å². The van der Waals surface area contributed by atoms with Gasteiger partial charge in [0.15, 0.2) is 0 Å². The Hall–Kier alpha value is -1.79. The van der Waals surface area contributed by atoms with Crippen molar-refractivity contribution >= 4 is 17.9 Å². The van der Waals surface area contributed by atoms with E-state index in [9.17, 15) is 14.4 Å². The molecule has 19 heavy (non-hydrogen) atoms. The highest BCUT2D eigenvalue weighted by Crippen LogP contribution is 2.09. The van der Waals surface area contributed by atoms with Gasteiger partial charge in [0.05, 0.1) is 0 Å². The summed E-state index contributed by atoms with van der Waals surface area (Å²) in [6.07, 6.45) is 2.06. The summed E-state index contributed by atoms with van der Waals surface area (Å²) in [5.41, 5.74) is 0. The number of carbonyl (C=O) groups excluding carboxylic acids is 2. The van der Waals surface area contributed by atoms with E-state index >= 15 is 0 Å². The third kappa shape index (κ3) is 4.76. The summed E-state index contributed by atoms with van der Waals surface area (Å²) in [6.45, 7) is 2.31. The molecular weight excluding hydrogens is 250 g/mol. The van der Waals surface area contributed by atoms with Crippen molar-refractivity contribution in [3.8, 4) is 0 Å². The number of likely N-dealkylation sites (N-methyl/N-ethyl adjacent to an activating group) is 1. The fraction of sp³-hybridized carbons (Fsp3) is 0.750. The molecule has 0 aromatic heterocycles. The maximum absolute atomic E-state index is 11.7. The van der Waals surface area contributed by atoms with Gasteiger partial charge in [0.1, 0.15) is 6.04 Å². The lowest BCUT2D eigenvalue weighted by atomic mass is 10.1. The summed E-state index contributed by atoms with van der Waals surface area (Å²) in [5, 5.41) is 14.1. The van der Waals surface area contributed by atoms with E-state index < -0.39 is 18.0 Å². The van der Waals surface area contributed by atoms with E-state index in [1.54, 1.807) is 11.9 Å². The number of nitrogens with one attached hydrogen (secondary N) is 2. The molecule has 0 spiro atoms. The zero-order chi connectivity index (χ0) is 14.4. The van der Waals surface area contributed by atoms with Crippen LogP contribution in [0.15, 0.2) is 0 Å². The molecule has 1 saturated heterocycles. The second-order valence-corrected chi connectivity index (χ2v) is 4.81. The minimum absolute atomic E-state index is 0.0628. The minimum atomic E-state index is -1.03. The van der Waals surface area contributed by atoms with Crippen LogP contribution in [0, 0.1) is 0 Å². The summed E-state index contributed by atoms with van der Waals surface area (Å²) < 4.78 is 0. The van der Waals surface area contributed by atoms with Crippen LogP contribution in [0.4, 0.5) is 4.79 Å². The Kier molecular flexibility index (Phi) is 5.59. The van der Waals surface area contributed by atoms with Crippen molar-refractivity contribution in [2.24, 2.45) is 0 Å². The minimum Gasteiger partial charge on any atom is -0.480 e. The highest BCUT2D eigenvalue weighted by molar-refractivity contribution is 5.83. The van der Waals surface area contributed by atoms with E-state index in [2.05, 4.69) is 10.6 Å². The zero-order valence-corrected chi connectivity index (χ0v) is 11.3. The van der Waals surface area contributed by atoms with Crippen molar-refractivity contribution in [1.29, 1.82) is 0 Å². The summed E-state index contributed by atoms with van der Waals surface area (Å²) in [5.74, 6) is -0.971. The first kappa shape index (κ1) is 15.3. The van der Waals surface area contributed by atoms with Crippen LogP contribution in [-0.2, 0) is 9.59 Å². The first-order valence-corrected chi connectivity index (χ1v) is 6.47. The standard InChI is InChI=1S/C12H21N3O4/c1-3-4-9(11(17)18)14-12(19)13-8-5-6-10(16)15(2)7-8/h8-9H,3-7H2,1-2H3,(H,17,18)(H2,13,14,19)/t8?,9-/m1/s1. The van der Waals surface area contributed by atoms with Gasteiger partial charge >= 0.3 is 12.0 Å². The number of hydrogen-bond donors (Lipinski definition) is 3. The molecule has 0 aliphatic carbocycles. The molecule has 2 atom stereocenters. The van der Waals surface area contributed by atoms with Crippen LogP contribution in [0.5, 0.6) is 0 Å². The van der Waals surface area contributed by atoms with Gasteiger partial charge in [-0.1, -0.05) is 13.3 Å². The van der Waals surface area contributed by atoms with Gasteiger partial charge in [-0.05, 0) is 12.8 Å². The monoisotopic (exact) mass is 271 g/mol. The number of carboxylic acid groups (broad SMARTS) is 1. The van der Waals surface area contributed by atoms with Crippen LogP contribution in [0.2, 0.25) is 0 Å². The van der Waals surface area contributed by atoms with Gasteiger partial charge < -0.3 is 20.6 Å². The van der Waals surface area contributed by atoms with Gasteiger partial charge in [-0.15, -0.1) is 0 Å². The van der Waals surface area contributed by atoms with Crippen molar-refractivity contribution in [1.82, 2.24) is 15.5 Å². The topological polar surface area (TPSA) is 98.7 Å². The number of carbonyl (C=O) groups is 3. The molecule has 0 radical (unpaired) electrons. The molecule has 7 heteroatoms. The van der Waals surface area contributed by atoms with E-state index in [0.29, 0.717) is 32.2 Å². The van der Waals surface area contributed by atoms with E-state index in [0.717, 1.165) is 0 Å². The first-order chi connectivity index (χ1) is 8.93. The largest absolute Gasteiger partial charge is 0.480 e. The van der Waals surface area contributed by atoms with Gasteiger partial charge in [0.25, 0.3) is 0 Å². The number of likely N-dealkylation sites (tertiary alicyclic amines) is 1. The lowest BCUT2D eigenvalue weighted by Crippen LogP contribution is -2.53. The van der Waals surface area contributed by atoms with E-state index in [-0.39, 0.29) is 11.9 Å². The van der Waals surface area contributed by atoms with Crippen molar-refractivity contribution in [2.75, 3.05) is 13.6 Å². The molecular formula is C12H21N3O4. The molecule has 0 saturated carbocycles. The van der Waals surface area contributed by atoms with E-state index in [4.69, 9.17) is 5.11 Å². The summed E-state index contributed by atoms with van der Waals surface area (Å²) in [4.78, 5) is 35.5. The van der Waals surface area contributed by atoms with Crippen molar-refractivity contribution in [3.05, 3.63) is 0 Å². The highest BCUT2D eigenvalue weighted by Gasteiger charge is 2.25. The molecule has 7 nitrogen and oxygen atoms in total. The third-order valence-corrected chi connectivity index (χ3v) is 3.14. The number of carboxylic acids is 1. The number of nitrogens with zero attached hydrogens (tertiary/aromatic N) is 1. The molecule has 1 aliphatic heterocycles. The Morgan fingerprint density at radius 2 is 2.21 bits per heavy atom. The van der Waals surface area contributed by atoms with Crippen LogP contribution in [0.1, 0.15) is 32.6 Å². The van der Waals surface area contributed by atoms with Crippen molar-refractivity contribution < 1.29 is 19.5 Å². The summed E-state index contributed by atoms with van der Waals surface area (Å²) in [6, 6.07) is -1.49. The molecule has 1 unspecified atom stereocenters. The molecule has 1 aliphatic rings. The molecule has 3 N–H and O–H groups in total. The van der Waals surface area contributed by atoms with E-state index in [1.807, 2.05) is 6.92 Å². The number of aliphatic carboxylic acids is 1. The van der Waals surface area contributed by atoms with Gasteiger partial charge in [-0.25, -0.2) is 9.59 Å². The molecule has 1 rings (SSSR count). The Bertz CT molecular complexity index is 359. The first-order valence-electron chi connectivity index (χ1n) is 6.47. The lowest BCUT2D eigenvalue weighted by Gasteiger charge is -2.30. The van der Waals surface area contributed by atoms with Gasteiger partial charge in [-0.2, -0.15) is 0 Å². The highest BCUT2D eigenvalue weighted by atomic mass is 16.4. The number of rotatable bonds is 5. The van der Waals surface area contributed by atoms with Crippen molar-refractivity contribution in [3.63, 3.8) is 0 Å². The average molecular weight is 271 g/mol. The summed E-state index contributed by atoms with van der Waals surface area (Å²) >= 11 is 0. The van der Waals surface area contributed by atoms with Gasteiger partial charge in [0.2, 0.25) is 5.91 Å². The molecule has 1 fully saturated rings. The smallest absolute Gasteiger partial charge is 0.326 e. The number of hydrogen-bond acceptors (Lipinski definition) is 3. The molecule has 108 valence electrons. The second kappa shape index (κ2) is 6.96. The second-order valence-electron chi connectivity index (χ2n) is 4.81. The Labute approximate surface area is 112 Å². The normalized spacial score (nSPS) is 20.8. The number of urea groups is 1. The zero-order valence-electron chi connectivity index (χ0n) is 11.3. The summed E-state index contributed by atoms with van der Waals surface area (Å²) in [7, 11) is 1.69. The lowest BCUT2D eigenvalue weighted by molar-refractivity contribution is -0.139. The molecule has 3 amide bonds. The predicted octanol–water partition coefficient (Wildman–Crippen LogP) is 0.160. The fourth-order valence-electron chi connectivity index (χ4n) is 2.06. The van der Waals surface area contributed by atoms with Gasteiger partial charge in [0, 0.05) is 26.1 Å². The Morgan fingerprint density at radius 1 is 1.53 bits per heavy atom. The van der Waals surface area contributed by atoms with Crippen molar-refractivity contribution in [2.45, 2.75) is 44.7 Å². The number of amides is 3.